The Kier molecular flexibility index (Phi) is 8.49. The topological polar surface area (TPSA) is 165 Å². The number of carbonyl (C=O) groups is 2. The number of rotatable bonds is 11. The van der Waals surface area contributed by atoms with E-state index >= 15 is 0 Å². The van der Waals surface area contributed by atoms with Crippen LogP contribution in [0.25, 0.3) is 0 Å². The van der Waals surface area contributed by atoms with Crippen molar-refractivity contribution < 1.29 is 24.5 Å². The molecule has 0 fully saturated rings. The molecular formula is C18H26N4O7. The molecule has 1 amide bonds. The van der Waals surface area contributed by atoms with E-state index in [2.05, 4.69) is 10.6 Å². The maximum atomic E-state index is 12.7. The number of hydrogen-bond donors (Lipinski definition) is 3. The van der Waals surface area contributed by atoms with Gasteiger partial charge in [-0.25, -0.2) is 4.79 Å². The molecule has 0 bridgehead atoms. The molecule has 3 N–H and O–H groups in total. The second-order valence-corrected chi connectivity index (χ2v) is 7.57. The number of nitro groups is 2. The first-order valence-electron chi connectivity index (χ1n) is 9.14. The first kappa shape index (κ1) is 23.8. The molecule has 2 atom stereocenters. The summed E-state index contributed by atoms with van der Waals surface area (Å²) in [5.74, 6) is -1.73. The highest BCUT2D eigenvalue weighted by Gasteiger charge is 2.29. The van der Waals surface area contributed by atoms with Crippen LogP contribution in [0.4, 0.5) is 17.1 Å². The molecule has 0 spiro atoms. The fourth-order valence-corrected chi connectivity index (χ4v) is 2.76. The van der Waals surface area contributed by atoms with Crippen molar-refractivity contribution in [2.45, 2.75) is 52.6 Å². The Hall–Kier alpha value is -3.24. The largest absolute Gasteiger partial charge is 0.480 e. The predicted octanol–water partition coefficient (Wildman–Crippen LogP) is 2.95. The number of carboxylic acid groups (broad SMARTS) is 1. The molecule has 11 nitrogen and oxygen atoms in total. The number of nitrogens with one attached hydrogen (secondary N) is 2. The third-order valence-corrected chi connectivity index (χ3v) is 4.06. The zero-order valence-electron chi connectivity index (χ0n) is 16.7. The minimum absolute atomic E-state index is 0.0173. The Morgan fingerprint density at radius 1 is 1.00 bits per heavy atom. The van der Waals surface area contributed by atoms with Gasteiger partial charge in [-0.3, -0.25) is 25.0 Å². The van der Waals surface area contributed by atoms with Crippen LogP contribution in [0.5, 0.6) is 0 Å². The molecule has 1 aromatic carbocycles. The number of aliphatic carboxylic acids is 1. The van der Waals surface area contributed by atoms with E-state index in [9.17, 15) is 34.9 Å². The van der Waals surface area contributed by atoms with Crippen LogP contribution in [0, 0.1) is 32.1 Å². The Morgan fingerprint density at radius 3 is 2.00 bits per heavy atom. The lowest BCUT2D eigenvalue weighted by Gasteiger charge is -2.24. The van der Waals surface area contributed by atoms with E-state index in [0.717, 1.165) is 12.1 Å². The lowest BCUT2D eigenvalue weighted by molar-refractivity contribution is -0.393. The number of carboxylic acids is 1. The normalized spacial score (nSPS) is 13.0. The molecular weight excluding hydrogens is 384 g/mol. The van der Waals surface area contributed by atoms with Gasteiger partial charge < -0.3 is 15.7 Å². The van der Waals surface area contributed by atoms with Crippen LogP contribution in [0.3, 0.4) is 0 Å². The molecule has 11 heteroatoms. The quantitative estimate of drug-likeness (QED) is 0.370. The van der Waals surface area contributed by atoms with E-state index in [1.165, 1.54) is 6.07 Å². The van der Waals surface area contributed by atoms with Gasteiger partial charge in [-0.1, -0.05) is 27.7 Å². The van der Waals surface area contributed by atoms with Crippen molar-refractivity contribution in [3.63, 3.8) is 0 Å². The average Bonchev–Trinajstić information content (AvgIpc) is 2.59. The fourth-order valence-electron chi connectivity index (χ4n) is 2.76. The third-order valence-electron chi connectivity index (χ3n) is 4.06. The zero-order chi connectivity index (χ0) is 22.3. The summed E-state index contributed by atoms with van der Waals surface area (Å²) in [6.45, 7) is 7.34. The van der Waals surface area contributed by atoms with Crippen molar-refractivity contribution >= 4 is 28.9 Å². The molecule has 0 radical (unpaired) electrons. The molecule has 0 aliphatic rings. The van der Waals surface area contributed by atoms with Gasteiger partial charge in [0.1, 0.15) is 17.8 Å². The van der Waals surface area contributed by atoms with Crippen LogP contribution in [0.2, 0.25) is 0 Å². The monoisotopic (exact) mass is 410 g/mol. The number of nitro benzene ring substituents is 2. The fraction of sp³-hybridized carbons (Fsp3) is 0.556. The van der Waals surface area contributed by atoms with Gasteiger partial charge in [0.2, 0.25) is 5.91 Å². The van der Waals surface area contributed by atoms with Crippen molar-refractivity contribution in [2.75, 3.05) is 5.32 Å². The van der Waals surface area contributed by atoms with Gasteiger partial charge in [-0.15, -0.1) is 0 Å². The minimum Gasteiger partial charge on any atom is -0.480 e. The molecule has 0 aromatic heterocycles. The number of nitrogens with zero attached hydrogens (tertiary/aromatic N) is 2. The summed E-state index contributed by atoms with van der Waals surface area (Å²) in [5, 5.41) is 36.8. The van der Waals surface area contributed by atoms with Gasteiger partial charge in [0.15, 0.2) is 0 Å². The second kappa shape index (κ2) is 10.3. The van der Waals surface area contributed by atoms with Crippen LogP contribution in [-0.4, -0.2) is 38.9 Å². The molecule has 29 heavy (non-hydrogen) atoms. The van der Waals surface area contributed by atoms with E-state index in [0.29, 0.717) is 0 Å². The van der Waals surface area contributed by atoms with Crippen LogP contribution >= 0.6 is 0 Å². The van der Waals surface area contributed by atoms with Crippen LogP contribution < -0.4 is 10.6 Å². The van der Waals surface area contributed by atoms with Crippen molar-refractivity contribution in [2.24, 2.45) is 11.8 Å². The molecule has 0 aliphatic heterocycles. The molecule has 1 aromatic rings. The van der Waals surface area contributed by atoms with Crippen molar-refractivity contribution in [3.8, 4) is 0 Å². The number of benzene rings is 1. The summed E-state index contributed by atoms with van der Waals surface area (Å²) in [4.78, 5) is 44.8. The van der Waals surface area contributed by atoms with Gasteiger partial charge in [0.05, 0.1) is 15.9 Å². The highest BCUT2D eigenvalue weighted by atomic mass is 16.6. The smallest absolute Gasteiger partial charge is 0.326 e. The summed E-state index contributed by atoms with van der Waals surface area (Å²) in [6.07, 6.45) is 0.501. The number of non-ortho nitro benzene ring substituents is 1. The first-order chi connectivity index (χ1) is 13.4. The number of hydrogen-bond acceptors (Lipinski definition) is 7. The molecule has 1 rings (SSSR count). The van der Waals surface area contributed by atoms with Gasteiger partial charge in [0, 0.05) is 6.07 Å². The Labute approximate surface area is 167 Å². The SMILES string of the molecule is CC(C)C[C@H](NC(=O)[C@H](CC(C)C)Nc1ccc([N+](=O)[O-])cc1[N+](=O)[O-])C(=O)O. The lowest BCUT2D eigenvalue weighted by atomic mass is 10.00. The molecule has 160 valence electrons. The Morgan fingerprint density at radius 2 is 1.55 bits per heavy atom. The molecule has 0 aliphatic carbocycles. The summed E-state index contributed by atoms with van der Waals surface area (Å²) < 4.78 is 0. The van der Waals surface area contributed by atoms with Crippen molar-refractivity contribution in [1.82, 2.24) is 5.32 Å². The summed E-state index contributed by atoms with van der Waals surface area (Å²) >= 11 is 0. The van der Waals surface area contributed by atoms with Crippen LogP contribution in [0.1, 0.15) is 40.5 Å². The number of carbonyl (C=O) groups excluding carboxylic acids is 1. The van der Waals surface area contributed by atoms with Gasteiger partial charge >= 0.3 is 5.97 Å². The standard InChI is InChI=1S/C18H26N4O7/c1-10(2)7-14(17(23)20-15(18(24)25)8-11(3)4)19-13-6-5-12(21(26)27)9-16(13)22(28)29/h5-6,9-11,14-15,19H,7-8H2,1-4H3,(H,20,23)(H,24,25)/t14-,15-/m0/s1. The minimum atomic E-state index is -1.17. The maximum Gasteiger partial charge on any atom is 0.326 e. The molecule has 0 saturated carbocycles. The van der Waals surface area contributed by atoms with E-state index in [1.54, 1.807) is 0 Å². The first-order valence-corrected chi connectivity index (χ1v) is 9.14. The predicted molar refractivity (Wildman–Crippen MR) is 106 cm³/mol. The maximum absolute atomic E-state index is 12.7. The Balaban J connectivity index is 3.16. The zero-order valence-corrected chi connectivity index (χ0v) is 16.7. The van der Waals surface area contributed by atoms with Crippen molar-refractivity contribution in [1.29, 1.82) is 0 Å². The average molecular weight is 410 g/mol. The van der Waals surface area contributed by atoms with E-state index in [1.807, 2.05) is 27.7 Å². The summed E-state index contributed by atoms with van der Waals surface area (Å²) in [7, 11) is 0. The van der Waals surface area contributed by atoms with E-state index in [4.69, 9.17) is 0 Å². The molecule has 0 unspecified atom stereocenters. The van der Waals surface area contributed by atoms with Gasteiger partial charge in [-0.05, 0) is 30.7 Å². The third kappa shape index (κ3) is 7.35. The molecule has 0 heterocycles. The van der Waals surface area contributed by atoms with Crippen LogP contribution in [-0.2, 0) is 9.59 Å². The molecule has 0 saturated heterocycles. The van der Waals surface area contributed by atoms with Crippen molar-refractivity contribution in [3.05, 3.63) is 38.4 Å². The van der Waals surface area contributed by atoms with Crippen LogP contribution in [0.15, 0.2) is 18.2 Å². The van der Waals surface area contributed by atoms with Gasteiger partial charge in [-0.2, -0.15) is 0 Å². The lowest BCUT2D eigenvalue weighted by Crippen LogP contribution is -2.48. The second-order valence-electron chi connectivity index (χ2n) is 7.57. The highest BCUT2D eigenvalue weighted by molar-refractivity contribution is 5.89. The highest BCUT2D eigenvalue weighted by Crippen LogP contribution is 2.30. The van der Waals surface area contributed by atoms with E-state index in [-0.39, 0.29) is 30.4 Å². The summed E-state index contributed by atoms with van der Waals surface area (Å²) in [6, 6.07) is 1.03. The van der Waals surface area contributed by atoms with E-state index < -0.39 is 45.2 Å². The van der Waals surface area contributed by atoms with Gasteiger partial charge in [0.25, 0.3) is 11.4 Å². The number of anilines is 1. The number of amides is 1. The Bertz CT molecular complexity index is 779. The summed E-state index contributed by atoms with van der Waals surface area (Å²) in [5.41, 5.74) is -1.05.